The third-order valence-electron chi connectivity index (χ3n) is 9.93. The van der Waals surface area contributed by atoms with Crippen LogP contribution < -0.4 is 10.6 Å². The summed E-state index contributed by atoms with van der Waals surface area (Å²) in [5, 5.41) is 2.06. The highest BCUT2D eigenvalue weighted by Gasteiger charge is 2.42. The first-order chi connectivity index (χ1) is 21.8. The topological polar surface area (TPSA) is 76.1 Å². The molecule has 45 heavy (non-hydrogen) atoms. The lowest BCUT2D eigenvalue weighted by Gasteiger charge is -2.35. The van der Waals surface area contributed by atoms with Crippen LogP contribution in [-0.4, -0.2) is 104 Å². The summed E-state index contributed by atoms with van der Waals surface area (Å²) in [6.45, 7) is 18.8. The highest BCUT2D eigenvalue weighted by atomic mass is 19.1. The Morgan fingerprint density at radius 3 is 2.69 bits per heavy atom. The van der Waals surface area contributed by atoms with Crippen molar-refractivity contribution in [2.75, 3.05) is 64.3 Å². The number of likely N-dealkylation sites (N-methyl/N-ethyl adjacent to an activating group) is 1. The van der Waals surface area contributed by atoms with E-state index >= 15 is 0 Å². The Balaban J connectivity index is 1.25. The number of halogens is 1. The number of benzene rings is 2. The molecule has 3 fully saturated rings. The summed E-state index contributed by atoms with van der Waals surface area (Å²) >= 11 is 0. The van der Waals surface area contributed by atoms with Crippen molar-refractivity contribution in [3.63, 3.8) is 0 Å². The molecule has 8 nitrogen and oxygen atoms in total. The van der Waals surface area contributed by atoms with Gasteiger partial charge in [0.2, 0.25) is 0 Å². The van der Waals surface area contributed by atoms with E-state index in [1.165, 1.54) is 6.42 Å². The Morgan fingerprint density at radius 1 is 1.13 bits per heavy atom. The SMILES string of the molecule is C=N/C(=C1/CCN(c2cccc3ccc(F)c(CC)c23)CC1=NCC)N1CCCN=C(/C=C(\N)C(=C)N2CC3CC2CN3C)C1. The Kier molecular flexibility index (Phi) is 9.08. The Bertz CT molecular complexity index is 1600. The molecule has 6 rings (SSSR count). The smallest absolute Gasteiger partial charge is 0.133 e. The first-order valence-corrected chi connectivity index (χ1v) is 16.4. The van der Waals surface area contributed by atoms with Crippen LogP contribution in [0.1, 0.15) is 38.7 Å². The molecule has 4 aliphatic rings. The Labute approximate surface area is 267 Å². The van der Waals surface area contributed by atoms with Crippen LogP contribution >= 0.6 is 0 Å². The summed E-state index contributed by atoms with van der Waals surface area (Å²) in [6, 6.07) is 10.8. The molecule has 2 aromatic carbocycles. The van der Waals surface area contributed by atoms with Gasteiger partial charge in [0.1, 0.15) is 11.6 Å². The largest absolute Gasteiger partial charge is 0.397 e. The normalized spacial score (nSPS) is 24.8. The average Bonchev–Trinajstić information content (AvgIpc) is 3.54. The monoisotopic (exact) mass is 610 g/mol. The van der Waals surface area contributed by atoms with Gasteiger partial charge in [-0.15, -0.1) is 0 Å². The molecule has 2 unspecified atom stereocenters. The highest BCUT2D eigenvalue weighted by molar-refractivity contribution is 6.07. The predicted octanol–water partition coefficient (Wildman–Crippen LogP) is 5.02. The van der Waals surface area contributed by atoms with Crippen molar-refractivity contribution < 1.29 is 4.39 Å². The van der Waals surface area contributed by atoms with E-state index in [1.807, 2.05) is 19.1 Å². The molecule has 2 N–H and O–H groups in total. The number of hydrogen-bond donors (Lipinski definition) is 1. The van der Waals surface area contributed by atoms with Crippen molar-refractivity contribution in [2.24, 2.45) is 20.7 Å². The van der Waals surface area contributed by atoms with Crippen molar-refractivity contribution in [1.29, 1.82) is 0 Å². The van der Waals surface area contributed by atoms with Crippen molar-refractivity contribution >= 4 is 34.6 Å². The first-order valence-electron chi connectivity index (χ1n) is 16.4. The van der Waals surface area contributed by atoms with Gasteiger partial charge in [-0.1, -0.05) is 31.7 Å². The van der Waals surface area contributed by atoms with E-state index in [9.17, 15) is 4.39 Å². The highest BCUT2D eigenvalue weighted by Crippen LogP contribution is 2.35. The van der Waals surface area contributed by atoms with Gasteiger partial charge in [0.15, 0.2) is 0 Å². The number of aliphatic imine (C=N–C) groups is 3. The molecular weight excluding hydrogens is 563 g/mol. The van der Waals surface area contributed by atoms with Crippen LogP contribution in [0.3, 0.4) is 0 Å². The van der Waals surface area contributed by atoms with Crippen LogP contribution in [0, 0.1) is 5.82 Å². The quantitative estimate of drug-likeness (QED) is 0.336. The van der Waals surface area contributed by atoms with Crippen LogP contribution in [-0.2, 0) is 6.42 Å². The molecule has 4 heterocycles. The molecule has 0 aliphatic carbocycles. The molecule has 0 spiro atoms. The maximum atomic E-state index is 14.9. The van der Waals surface area contributed by atoms with Gasteiger partial charge in [-0.05, 0) is 75.5 Å². The maximum Gasteiger partial charge on any atom is 0.133 e. The summed E-state index contributed by atoms with van der Waals surface area (Å²) in [6.07, 6.45) is 5.51. The number of nitrogens with zero attached hydrogens (tertiary/aromatic N) is 7. The maximum absolute atomic E-state index is 14.9. The summed E-state index contributed by atoms with van der Waals surface area (Å²) in [5.41, 5.74) is 13.1. The molecule has 4 aliphatic heterocycles. The second-order valence-electron chi connectivity index (χ2n) is 12.6. The number of fused-ring (bicyclic) bond motifs is 3. The summed E-state index contributed by atoms with van der Waals surface area (Å²) in [5.74, 6) is 0.730. The van der Waals surface area contributed by atoms with E-state index in [0.717, 1.165) is 96.1 Å². The van der Waals surface area contributed by atoms with Crippen molar-refractivity contribution in [2.45, 2.75) is 51.6 Å². The van der Waals surface area contributed by atoms with Gasteiger partial charge in [0, 0.05) is 68.0 Å². The number of nitrogens with two attached hydrogens (primary N) is 1. The van der Waals surface area contributed by atoms with Gasteiger partial charge in [-0.3, -0.25) is 14.9 Å². The molecule has 0 saturated carbocycles. The Morgan fingerprint density at radius 2 is 1.98 bits per heavy atom. The van der Waals surface area contributed by atoms with Crippen LogP contribution in [0.5, 0.6) is 0 Å². The standard InChI is InChI=1S/C36H47FN8/c1-6-29-31(37)13-12-25-10-8-11-34(35(25)29)43-17-14-30(33(23-43)40-7-2)36(39-4)44-16-9-15-41-26(20-44)18-32(38)24(3)45-22-27-19-28(45)21-42(27)5/h8,10-13,18,27-28H,3-4,6-7,9,14-17,19-23,38H2,1-2,5H3/b32-18-,36-30+,40-33?. The number of hydrogen-bond acceptors (Lipinski definition) is 8. The van der Waals surface area contributed by atoms with Gasteiger partial charge in [-0.2, -0.15) is 0 Å². The number of likely N-dealkylation sites (tertiary alicyclic amines) is 2. The molecule has 2 bridgehead atoms. The summed E-state index contributed by atoms with van der Waals surface area (Å²) in [4.78, 5) is 23.9. The van der Waals surface area contributed by atoms with E-state index in [1.54, 1.807) is 6.07 Å². The van der Waals surface area contributed by atoms with E-state index in [-0.39, 0.29) is 5.82 Å². The fraction of sp³-hybridized carbons (Fsp3) is 0.472. The predicted molar refractivity (Wildman–Crippen MR) is 186 cm³/mol. The molecule has 238 valence electrons. The molecule has 9 heteroatoms. The minimum atomic E-state index is -0.146. The molecular formula is C36H47FN8. The lowest BCUT2D eigenvalue weighted by atomic mass is 9.96. The number of anilines is 1. The van der Waals surface area contributed by atoms with Crippen LogP contribution in [0.25, 0.3) is 10.8 Å². The third kappa shape index (κ3) is 6.02. The van der Waals surface area contributed by atoms with Crippen LogP contribution in [0.2, 0.25) is 0 Å². The van der Waals surface area contributed by atoms with Crippen LogP contribution in [0.4, 0.5) is 10.1 Å². The van der Waals surface area contributed by atoms with Crippen molar-refractivity contribution in [1.82, 2.24) is 14.7 Å². The van der Waals surface area contributed by atoms with Crippen molar-refractivity contribution in [3.8, 4) is 0 Å². The fourth-order valence-electron chi connectivity index (χ4n) is 7.64. The number of aryl methyl sites for hydroxylation is 1. The molecule has 2 aromatic rings. The molecule has 3 saturated heterocycles. The molecule has 2 atom stereocenters. The molecule has 0 radical (unpaired) electrons. The zero-order valence-corrected chi connectivity index (χ0v) is 27.1. The molecule has 0 aromatic heterocycles. The zero-order valence-electron chi connectivity index (χ0n) is 27.1. The first kappa shape index (κ1) is 31.0. The van der Waals surface area contributed by atoms with Crippen LogP contribution in [0.15, 0.2) is 80.8 Å². The number of piperazine rings is 1. The van der Waals surface area contributed by atoms with E-state index in [4.69, 9.17) is 15.7 Å². The van der Waals surface area contributed by atoms with Gasteiger partial charge < -0.3 is 20.4 Å². The second kappa shape index (κ2) is 13.2. The Hall–Kier alpha value is -3.98. The van der Waals surface area contributed by atoms with Gasteiger partial charge >= 0.3 is 0 Å². The minimum absolute atomic E-state index is 0.146. The zero-order chi connectivity index (χ0) is 31.7. The summed E-state index contributed by atoms with van der Waals surface area (Å²) in [7, 11) is 2.20. The van der Waals surface area contributed by atoms with Gasteiger partial charge in [0.25, 0.3) is 0 Å². The number of piperidine rings is 1. The molecule has 0 amide bonds. The lowest BCUT2D eigenvalue weighted by Crippen LogP contribution is -2.44. The lowest BCUT2D eigenvalue weighted by molar-refractivity contribution is 0.184. The summed E-state index contributed by atoms with van der Waals surface area (Å²) < 4.78 is 14.9. The van der Waals surface area contributed by atoms with E-state index in [0.29, 0.717) is 43.8 Å². The minimum Gasteiger partial charge on any atom is -0.397 e. The van der Waals surface area contributed by atoms with Gasteiger partial charge in [0.05, 0.1) is 35.9 Å². The fourth-order valence-corrected chi connectivity index (χ4v) is 7.64. The van der Waals surface area contributed by atoms with Gasteiger partial charge in [-0.25, -0.2) is 9.38 Å². The van der Waals surface area contributed by atoms with E-state index < -0.39 is 0 Å². The second-order valence-corrected chi connectivity index (χ2v) is 12.6. The van der Waals surface area contributed by atoms with Crippen molar-refractivity contribution in [3.05, 3.63) is 77.2 Å². The average molecular weight is 611 g/mol. The third-order valence-corrected chi connectivity index (χ3v) is 9.93. The van der Waals surface area contributed by atoms with E-state index in [2.05, 4.69) is 70.1 Å². The number of rotatable bonds is 8.